The maximum Gasteiger partial charge on any atom is 0.270 e. The molecule has 0 radical (unpaired) electrons. The van der Waals surface area contributed by atoms with Crippen molar-refractivity contribution < 1.29 is 4.79 Å². The number of anilines is 2. The van der Waals surface area contributed by atoms with E-state index in [0.29, 0.717) is 18.2 Å². The van der Waals surface area contributed by atoms with E-state index in [0.717, 1.165) is 16.9 Å². The predicted octanol–water partition coefficient (Wildman–Crippen LogP) is 2.75. The lowest BCUT2D eigenvalue weighted by Crippen LogP contribution is -2.24. The molecule has 1 aromatic heterocycles. The van der Waals surface area contributed by atoms with Crippen LogP contribution in [-0.4, -0.2) is 22.4 Å². The largest absolute Gasteiger partial charge is 0.347 e. The highest BCUT2D eigenvalue weighted by atomic mass is 16.1. The zero-order valence-corrected chi connectivity index (χ0v) is 12.2. The van der Waals surface area contributed by atoms with E-state index in [9.17, 15) is 4.79 Å². The second-order valence-corrected chi connectivity index (χ2v) is 4.66. The number of nitrogens with one attached hydrogen (secondary N) is 2. The molecule has 5 nitrogen and oxygen atoms in total. The van der Waals surface area contributed by atoms with Gasteiger partial charge in [-0.15, -0.1) is 6.58 Å². The van der Waals surface area contributed by atoms with Crippen molar-refractivity contribution in [3.8, 4) is 0 Å². The van der Waals surface area contributed by atoms with E-state index in [2.05, 4.69) is 27.2 Å². The van der Waals surface area contributed by atoms with Crippen LogP contribution in [0, 0.1) is 13.8 Å². The first-order valence-corrected chi connectivity index (χ1v) is 6.67. The molecule has 0 spiro atoms. The number of hydrogen-bond acceptors (Lipinski definition) is 4. The second kappa shape index (κ2) is 6.65. The van der Waals surface area contributed by atoms with Crippen LogP contribution in [0.15, 0.2) is 43.0 Å². The molecule has 5 heteroatoms. The molecule has 108 valence electrons. The Morgan fingerprint density at radius 3 is 2.76 bits per heavy atom. The molecule has 0 atom stereocenters. The highest BCUT2D eigenvalue weighted by Gasteiger charge is 2.10. The molecule has 21 heavy (non-hydrogen) atoms. The van der Waals surface area contributed by atoms with E-state index in [1.54, 1.807) is 12.1 Å². The summed E-state index contributed by atoms with van der Waals surface area (Å²) < 4.78 is 0. The van der Waals surface area contributed by atoms with Crippen LogP contribution in [0.1, 0.15) is 21.7 Å². The van der Waals surface area contributed by atoms with E-state index in [4.69, 9.17) is 0 Å². The van der Waals surface area contributed by atoms with Crippen LogP contribution in [0.3, 0.4) is 0 Å². The molecule has 0 unspecified atom stereocenters. The number of aromatic nitrogens is 2. The number of carbonyl (C=O) groups excluding carboxylic acids is 1. The van der Waals surface area contributed by atoms with Gasteiger partial charge in [0.15, 0.2) is 0 Å². The van der Waals surface area contributed by atoms with Crippen LogP contribution in [0.25, 0.3) is 0 Å². The quantitative estimate of drug-likeness (QED) is 0.827. The van der Waals surface area contributed by atoms with E-state index >= 15 is 0 Å². The van der Waals surface area contributed by atoms with Gasteiger partial charge < -0.3 is 10.6 Å². The Balaban J connectivity index is 2.25. The summed E-state index contributed by atoms with van der Waals surface area (Å²) in [5.41, 5.74) is 3.06. The Bertz CT molecular complexity index is 667. The van der Waals surface area contributed by atoms with Crippen molar-refractivity contribution in [2.45, 2.75) is 13.8 Å². The summed E-state index contributed by atoms with van der Waals surface area (Å²) in [6.07, 6.45) is 1.62. The van der Waals surface area contributed by atoms with Gasteiger partial charge in [0.25, 0.3) is 5.91 Å². The van der Waals surface area contributed by atoms with Gasteiger partial charge in [-0.3, -0.25) is 4.79 Å². The molecule has 0 aliphatic heterocycles. The average Bonchev–Trinajstić information content (AvgIpc) is 2.46. The molecule has 2 rings (SSSR count). The minimum atomic E-state index is -0.242. The SMILES string of the molecule is C=CCNC(=O)c1cc(C)nc(Nc2ccccc2C)n1. The van der Waals surface area contributed by atoms with Crippen LogP contribution in [0.2, 0.25) is 0 Å². The minimum Gasteiger partial charge on any atom is -0.347 e. The van der Waals surface area contributed by atoms with E-state index in [1.807, 2.05) is 38.1 Å². The first-order chi connectivity index (χ1) is 10.1. The fourth-order valence-electron chi connectivity index (χ4n) is 1.83. The number of nitrogens with zero attached hydrogens (tertiary/aromatic N) is 2. The fourth-order valence-corrected chi connectivity index (χ4v) is 1.83. The molecule has 1 amide bonds. The molecule has 0 aliphatic carbocycles. The number of amides is 1. The monoisotopic (exact) mass is 282 g/mol. The molecule has 2 aromatic rings. The second-order valence-electron chi connectivity index (χ2n) is 4.66. The first-order valence-electron chi connectivity index (χ1n) is 6.67. The molecular formula is C16H18N4O. The third kappa shape index (κ3) is 3.89. The van der Waals surface area contributed by atoms with Crippen molar-refractivity contribution in [2.75, 3.05) is 11.9 Å². The molecule has 1 aromatic carbocycles. The van der Waals surface area contributed by atoms with Crippen molar-refractivity contribution >= 4 is 17.5 Å². The van der Waals surface area contributed by atoms with Gasteiger partial charge in [-0.2, -0.15) is 0 Å². The third-order valence-electron chi connectivity index (χ3n) is 2.89. The third-order valence-corrected chi connectivity index (χ3v) is 2.89. The van der Waals surface area contributed by atoms with Gasteiger partial charge in [0.05, 0.1) is 0 Å². The zero-order chi connectivity index (χ0) is 15.2. The topological polar surface area (TPSA) is 66.9 Å². The Hall–Kier alpha value is -2.69. The molecule has 0 saturated heterocycles. The van der Waals surface area contributed by atoms with Crippen LogP contribution < -0.4 is 10.6 Å². The van der Waals surface area contributed by atoms with Crippen molar-refractivity contribution in [1.82, 2.24) is 15.3 Å². The van der Waals surface area contributed by atoms with E-state index < -0.39 is 0 Å². The summed E-state index contributed by atoms with van der Waals surface area (Å²) in [5, 5.41) is 5.85. The number of aryl methyl sites for hydroxylation is 2. The maximum absolute atomic E-state index is 12.0. The standard InChI is InChI=1S/C16H18N4O/c1-4-9-17-15(21)14-10-12(3)18-16(20-14)19-13-8-6-5-7-11(13)2/h4-8,10H,1,9H2,2-3H3,(H,17,21)(H,18,19,20). The Labute approximate surface area is 124 Å². The Morgan fingerprint density at radius 1 is 1.29 bits per heavy atom. The lowest BCUT2D eigenvalue weighted by molar-refractivity contribution is 0.0953. The summed E-state index contributed by atoms with van der Waals surface area (Å²) in [5.74, 6) is 0.168. The van der Waals surface area contributed by atoms with Gasteiger partial charge in [-0.05, 0) is 31.5 Å². The summed E-state index contributed by atoms with van der Waals surface area (Å²) >= 11 is 0. The van der Waals surface area contributed by atoms with Crippen molar-refractivity contribution in [3.63, 3.8) is 0 Å². The molecular weight excluding hydrogens is 264 g/mol. The van der Waals surface area contributed by atoms with Gasteiger partial charge in [0.2, 0.25) is 5.95 Å². The lowest BCUT2D eigenvalue weighted by Gasteiger charge is -2.10. The van der Waals surface area contributed by atoms with Crippen molar-refractivity contribution in [2.24, 2.45) is 0 Å². The zero-order valence-electron chi connectivity index (χ0n) is 12.2. The summed E-state index contributed by atoms with van der Waals surface area (Å²) in [7, 11) is 0. The summed E-state index contributed by atoms with van der Waals surface area (Å²) in [4.78, 5) is 20.5. The van der Waals surface area contributed by atoms with Crippen molar-refractivity contribution in [3.05, 3.63) is 59.9 Å². The van der Waals surface area contributed by atoms with Crippen LogP contribution in [-0.2, 0) is 0 Å². The summed E-state index contributed by atoms with van der Waals surface area (Å²) in [6.45, 7) is 7.80. The van der Waals surface area contributed by atoms with E-state index in [1.165, 1.54) is 0 Å². The molecule has 0 aliphatic rings. The van der Waals surface area contributed by atoms with Gasteiger partial charge in [0.1, 0.15) is 5.69 Å². The fraction of sp³-hybridized carbons (Fsp3) is 0.188. The maximum atomic E-state index is 12.0. The first kappa shape index (κ1) is 14.7. The number of rotatable bonds is 5. The Morgan fingerprint density at radius 2 is 2.05 bits per heavy atom. The predicted molar refractivity (Wildman–Crippen MR) is 83.8 cm³/mol. The van der Waals surface area contributed by atoms with Gasteiger partial charge in [-0.25, -0.2) is 9.97 Å². The molecule has 1 heterocycles. The van der Waals surface area contributed by atoms with Gasteiger partial charge in [0, 0.05) is 17.9 Å². The number of benzene rings is 1. The van der Waals surface area contributed by atoms with E-state index in [-0.39, 0.29) is 5.91 Å². The van der Waals surface area contributed by atoms with Crippen LogP contribution in [0.4, 0.5) is 11.6 Å². The van der Waals surface area contributed by atoms with Crippen LogP contribution >= 0.6 is 0 Å². The molecule has 0 fully saturated rings. The lowest BCUT2D eigenvalue weighted by atomic mass is 10.2. The highest BCUT2D eigenvalue weighted by Crippen LogP contribution is 2.17. The summed E-state index contributed by atoms with van der Waals surface area (Å²) in [6, 6.07) is 9.49. The molecule has 0 saturated carbocycles. The van der Waals surface area contributed by atoms with Crippen molar-refractivity contribution in [1.29, 1.82) is 0 Å². The highest BCUT2D eigenvalue weighted by molar-refractivity contribution is 5.92. The number of para-hydroxylation sites is 1. The van der Waals surface area contributed by atoms with Crippen LogP contribution in [0.5, 0.6) is 0 Å². The minimum absolute atomic E-state index is 0.242. The smallest absolute Gasteiger partial charge is 0.270 e. The Kier molecular flexibility index (Phi) is 4.66. The number of hydrogen-bond donors (Lipinski definition) is 2. The normalized spacial score (nSPS) is 10.0. The average molecular weight is 282 g/mol. The number of carbonyl (C=O) groups is 1. The molecule has 2 N–H and O–H groups in total. The van der Waals surface area contributed by atoms with Gasteiger partial charge in [-0.1, -0.05) is 24.3 Å². The molecule has 0 bridgehead atoms. The van der Waals surface area contributed by atoms with Gasteiger partial charge >= 0.3 is 0 Å².